The first kappa shape index (κ1) is 12.1. The highest BCUT2D eigenvalue weighted by atomic mass is 32.1. The van der Waals surface area contributed by atoms with Gasteiger partial charge in [-0.2, -0.15) is 0 Å². The summed E-state index contributed by atoms with van der Waals surface area (Å²) in [6, 6.07) is 0. The molecular formula is C12H17N3OS. The molecule has 0 aliphatic rings. The minimum atomic E-state index is 0.722. The highest BCUT2D eigenvalue weighted by Gasteiger charge is 2.09. The standard InChI is InChI=1S/C12H17N3OS/c1-4-5-10-6-13-12(17-10)14-7-11-8(2)15-16-9(11)3/h6H,4-5,7H2,1-3H3,(H,13,14). The first-order valence-corrected chi connectivity index (χ1v) is 6.62. The Morgan fingerprint density at radius 2 is 2.24 bits per heavy atom. The molecule has 0 aliphatic heterocycles. The molecule has 1 N–H and O–H groups in total. The molecular weight excluding hydrogens is 234 g/mol. The van der Waals surface area contributed by atoms with Crippen molar-refractivity contribution in [1.29, 1.82) is 0 Å². The van der Waals surface area contributed by atoms with Crippen LogP contribution in [0.3, 0.4) is 0 Å². The molecule has 17 heavy (non-hydrogen) atoms. The zero-order chi connectivity index (χ0) is 12.3. The smallest absolute Gasteiger partial charge is 0.183 e. The molecule has 2 aromatic heterocycles. The van der Waals surface area contributed by atoms with Crippen molar-refractivity contribution in [1.82, 2.24) is 10.1 Å². The average Bonchev–Trinajstić information content (AvgIpc) is 2.86. The second-order valence-electron chi connectivity index (χ2n) is 4.04. The molecule has 0 saturated carbocycles. The fourth-order valence-corrected chi connectivity index (χ4v) is 2.58. The van der Waals surface area contributed by atoms with Gasteiger partial charge < -0.3 is 9.84 Å². The molecule has 0 unspecified atom stereocenters. The number of anilines is 1. The Morgan fingerprint density at radius 1 is 1.41 bits per heavy atom. The Balaban J connectivity index is 1.97. The number of aromatic nitrogens is 2. The van der Waals surface area contributed by atoms with E-state index in [1.54, 1.807) is 11.3 Å². The third kappa shape index (κ3) is 2.85. The molecule has 0 atom stereocenters. The maximum Gasteiger partial charge on any atom is 0.183 e. The van der Waals surface area contributed by atoms with E-state index in [0.29, 0.717) is 0 Å². The van der Waals surface area contributed by atoms with E-state index in [1.165, 1.54) is 4.88 Å². The molecule has 0 amide bonds. The Hall–Kier alpha value is -1.36. The quantitative estimate of drug-likeness (QED) is 0.885. The second-order valence-corrected chi connectivity index (χ2v) is 5.15. The average molecular weight is 251 g/mol. The number of hydrogen-bond acceptors (Lipinski definition) is 5. The van der Waals surface area contributed by atoms with Gasteiger partial charge in [-0.15, -0.1) is 11.3 Å². The minimum Gasteiger partial charge on any atom is -0.361 e. The lowest BCUT2D eigenvalue weighted by Crippen LogP contribution is -2.00. The van der Waals surface area contributed by atoms with Gasteiger partial charge in [-0.3, -0.25) is 0 Å². The lowest BCUT2D eigenvalue weighted by molar-refractivity contribution is 0.392. The van der Waals surface area contributed by atoms with Crippen LogP contribution in [0.2, 0.25) is 0 Å². The van der Waals surface area contributed by atoms with Crippen molar-refractivity contribution in [2.75, 3.05) is 5.32 Å². The molecule has 0 spiro atoms. The summed E-state index contributed by atoms with van der Waals surface area (Å²) in [6.07, 6.45) is 4.21. The van der Waals surface area contributed by atoms with Crippen LogP contribution >= 0.6 is 11.3 Å². The zero-order valence-corrected chi connectivity index (χ0v) is 11.2. The number of rotatable bonds is 5. The number of hydrogen-bond donors (Lipinski definition) is 1. The minimum absolute atomic E-state index is 0.722. The van der Waals surface area contributed by atoms with Crippen LogP contribution in [0.15, 0.2) is 10.7 Å². The van der Waals surface area contributed by atoms with E-state index in [1.807, 2.05) is 20.0 Å². The molecule has 0 fully saturated rings. The number of nitrogens with zero attached hydrogens (tertiary/aromatic N) is 2. The first-order valence-electron chi connectivity index (χ1n) is 5.81. The number of thiazole rings is 1. The lowest BCUT2D eigenvalue weighted by atomic mass is 10.2. The summed E-state index contributed by atoms with van der Waals surface area (Å²) in [5.41, 5.74) is 2.07. The topological polar surface area (TPSA) is 51.0 Å². The van der Waals surface area contributed by atoms with Crippen LogP contribution in [0.1, 0.15) is 35.2 Å². The third-order valence-corrected chi connectivity index (χ3v) is 3.66. The molecule has 0 saturated heterocycles. The van der Waals surface area contributed by atoms with E-state index < -0.39 is 0 Å². The molecule has 2 heterocycles. The van der Waals surface area contributed by atoms with E-state index >= 15 is 0 Å². The summed E-state index contributed by atoms with van der Waals surface area (Å²) in [4.78, 5) is 5.68. The van der Waals surface area contributed by atoms with Crippen LogP contribution in [0.5, 0.6) is 0 Å². The maximum absolute atomic E-state index is 5.12. The molecule has 4 nitrogen and oxygen atoms in total. The third-order valence-electron chi connectivity index (χ3n) is 2.65. The zero-order valence-electron chi connectivity index (χ0n) is 10.4. The lowest BCUT2D eigenvalue weighted by Gasteiger charge is -2.01. The fraction of sp³-hybridized carbons (Fsp3) is 0.500. The largest absolute Gasteiger partial charge is 0.361 e. The van der Waals surface area contributed by atoms with Crippen LogP contribution in [-0.4, -0.2) is 10.1 Å². The molecule has 0 aromatic carbocycles. The molecule has 0 radical (unpaired) electrons. The van der Waals surface area contributed by atoms with Crippen molar-refractivity contribution in [3.8, 4) is 0 Å². The van der Waals surface area contributed by atoms with E-state index in [9.17, 15) is 0 Å². The van der Waals surface area contributed by atoms with Gasteiger partial charge in [-0.05, 0) is 20.3 Å². The summed E-state index contributed by atoms with van der Waals surface area (Å²) < 4.78 is 5.12. The van der Waals surface area contributed by atoms with Crippen molar-refractivity contribution < 1.29 is 4.52 Å². The molecule has 0 aliphatic carbocycles. The number of nitrogens with one attached hydrogen (secondary N) is 1. The predicted octanol–water partition coefficient (Wildman–Crippen LogP) is 3.31. The fourth-order valence-electron chi connectivity index (χ4n) is 1.67. The monoisotopic (exact) mass is 251 g/mol. The predicted molar refractivity (Wildman–Crippen MR) is 69.4 cm³/mol. The summed E-state index contributed by atoms with van der Waals surface area (Å²) in [5, 5.41) is 8.21. The van der Waals surface area contributed by atoms with Gasteiger partial charge in [0.25, 0.3) is 0 Å². The maximum atomic E-state index is 5.12. The van der Waals surface area contributed by atoms with Gasteiger partial charge in [-0.1, -0.05) is 18.5 Å². The van der Waals surface area contributed by atoms with Crippen LogP contribution in [0, 0.1) is 13.8 Å². The molecule has 0 bridgehead atoms. The molecule has 2 rings (SSSR count). The van der Waals surface area contributed by atoms with Gasteiger partial charge in [0.2, 0.25) is 0 Å². The Labute approximate surface area is 105 Å². The first-order chi connectivity index (χ1) is 8.20. The summed E-state index contributed by atoms with van der Waals surface area (Å²) in [7, 11) is 0. The Kier molecular flexibility index (Phi) is 3.78. The SMILES string of the molecule is CCCc1cnc(NCc2c(C)noc2C)s1. The summed E-state index contributed by atoms with van der Waals surface area (Å²) >= 11 is 1.72. The second kappa shape index (κ2) is 5.31. The molecule has 92 valence electrons. The molecule has 2 aromatic rings. The van der Waals surface area contributed by atoms with E-state index in [4.69, 9.17) is 4.52 Å². The Morgan fingerprint density at radius 3 is 2.88 bits per heavy atom. The van der Waals surface area contributed by atoms with Gasteiger partial charge in [0.05, 0.1) is 5.69 Å². The van der Waals surface area contributed by atoms with Crippen LogP contribution in [-0.2, 0) is 13.0 Å². The van der Waals surface area contributed by atoms with Crippen molar-refractivity contribution >= 4 is 16.5 Å². The van der Waals surface area contributed by atoms with Gasteiger partial charge in [0.1, 0.15) is 5.76 Å². The van der Waals surface area contributed by atoms with Crippen LogP contribution in [0.25, 0.3) is 0 Å². The van der Waals surface area contributed by atoms with E-state index in [-0.39, 0.29) is 0 Å². The van der Waals surface area contributed by atoms with Crippen molar-refractivity contribution in [2.24, 2.45) is 0 Å². The van der Waals surface area contributed by atoms with Crippen LogP contribution in [0.4, 0.5) is 5.13 Å². The van der Waals surface area contributed by atoms with Gasteiger partial charge in [0, 0.05) is 23.2 Å². The van der Waals surface area contributed by atoms with E-state index in [0.717, 1.165) is 41.5 Å². The molecule has 5 heteroatoms. The number of aryl methyl sites for hydroxylation is 3. The summed E-state index contributed by atoms with van der Waals surface area (Å²) in [6.45, 7) is 6.79. The van der Waals surface area contributed by atoms with Gasteiger partial charge >= 0.3 is 0 Å². The van der Waals surface area contributed by atoms with Crippen molar-refractivity contribution in [3.63, 3.8) is 0 Å². The summed E-state index contributed by atoms with van der Waals surface area (Å²) in [5.74, 6) is 0.875. The highest BCUT2D eigenvalue weighted by Crippen LogP contribution is 2.21. The Bertz CT molecular complexity index is 470. The van der Waals surface area contributed by atoms with Crippen molar-refractivity contribution in [2.45, 2.75) is 40.2 Å². The van der Waals surface area contributed by atoms with Crippen LogP contribution < -0.4 is 5.32 Å². The normalized spacial score (nSPS) is 10.8. The van der Waals surface area contributed by atoms with E-state index in [2.05, 4.69) is 22.4 Å². The van der Waals surface area contributed by atoms with Gasteiger partial charge in [0.15, 0.2) is 5.13 Å². The highest BCUT2D eigenvalue weighted by molar-refractivity contribution is 7.15. The van der Waals surface area contributed by atoms with Crippen molar-refractivity contribution in [3.05, 3.63) is 28.1 Å². The van der Waals surface area contributed by atoms with Gasteiger partial charge in [-0.25, -0.2) is 4.98 Å².